The number of ketones is 1. The third kappa shape index (κ3) is 5.75. The third-order valence-corrected chi connectivity index (χ3v) is 3.51. The Bertz CT molecular complexity index is 673. The Morgan fingerprint density at radius 2 is 1.87 bits per heavy atom. The molecule has 1 amide bonds. The first-order valence-electron chi connectivity index (χ1n) is 7.26. The van der Waals surface area contributed by atoms with Crippen LogP contribution in [-0.4, -0.2) is 24.3 Å². The number of nitrogens with one attached hydrogen (secondary N) is 1. The van der Waals surface area contributed by atoms with Crippen LogP contribution >= 0.6 is 11.6 Å². The molecular weight excluding hydrogens is 314 g/mol. The quantitative estimate of drug-likeness (QED) is 0.848. The number of benzene rings is 2. The Morgan fingerprint density at radius 1 is 1.13 bits per heavy atom. The fourth-order valence-electron chi connectivity index (χ4n) is 2.09. The monoisotopic (exact) mass is 331 g/mol. The number of carbonyl (C=O) groups is 2. The predicted molar refractivity (Wildman–Crippen MR) is 89.7 cm³/mol. The van der Waals surface area contributed by atoms with Gasteiger partial charge in [-0.1, -0.05) is 48.0 Å². The zero-order valence-electron chi connectivity index (χ0n) is 12.8. The molecule has 0 heterocycles. The lowest BCUT2D eigenvalue weighted by Crippen LogP contribution is -2.43. The lowest BCUT2D eigenvalue weighted by molar-refractivity contribution is -0.128. The number of hydrogen-bond donors (Lipinski definition) is 1. The second-order valence-corrected chi connectivity index (χ2v) is 5.60. The molecule has 5 heteroatoms. The smallest absolute Gasteiger partial charge is 0.258 e. The highest BCUT2D eigenvalue weighted by Gasteiger charge is 2.17. The molecule has 0 fully saturated rings. The van der Waals surface area contributed by atoms with Crippen LogP contribution in [-0.2, 0) is 16.0 Å². The molecule has 0 unspecified atom stereocenters. The summed E-state index contributed by atoms with van der Waals surface area (Å²) >= 11 is 5.85. The lowest BCUT2D eigenvalue weighted by Gasteiger charge is -2.16. The number of hydrogen-bond acceptors (Lipinski definition) is 3. The first-order valence-corrected chi connectivity index (χ1v) is 7.64. The molecule has 0 aliphatic rings. The van der Waals surface area contributed by atoms with Gasteiger partial charge in [-0.05, 0) is 37.1 Å². The molecule has 0 bridgehead atoms. The van der Waals surface area contributed by atoms with Gasteiger partial charge in [-0.25, -0.2) is 0 Å². The Balaban J connectivity index is 1.89. The van der Waals surface area contributed by atoms with Gasteiger partial charge in [-0.2, -0.15) is 0 Å². The van der Waals surface area contributed by atoms with E-state index in [1.807, 2.05) is 30.3 Å². The maximum absolute atomic E-state index is 12.0. The van der Waals surface area contributed by atoms with E-state index in [2.05, 4.69) is 5.32 Å². The lowest BCUT2D eigenvalue weighted by atomic mass is 10.0. The number of rotatable bonds is 7. The van der Waals surface area contributed by atoms with Crippen LogP contribution in [0.15, 0.2) is 54.6 Å². The molecule has 1 atom stereocenters. The van der Waals surface area contributed by atoms with Gasteiger partial charge in [0.1, 0.15) is 5.75 Å². The normalized spacial score (nSPS) is 11.6. The van der Waals surface area contributed by atoms with E-state index in [0.29, 0.717) is 17.2 Å². The van der Waals surface area contributed by atoms with Crippen molar-refractivity contribution in [1.82, 2.24) is 5.32 Å². The summed E-state index contributed by atoms with van der Waals surface area (Å²) in [7, 11) is 0. The Hall–Kier alpha value is -2.33. The minimum atomic E-state index is -0.562. The first kappa shape index (κ1) is 17.0. The molecule has 2 rings (SSSR count). The van der Waals surface area contributed by atoms with Crippen LogP contribution in [0.2, 0.25) is 5.02 Å². The van der Waals surface area contributed by atoms with Crippen molar-refractivity contribution >= 4 is 23.3 Å². The zero-order valence-corrected chi connectivity index (χ0v) is 13.5. The molecular formula is C18H18ClNO3. The number of carbonyl (C=O) groups excluding carboxylic acids is 2. The Labute approximate surface area is 140 Å². The first-order chi connectivity index (χ1) is 11.0. The molecule has 2 aromatic carbocycles. The van der Waals surface area contributed by atoms with Gasteiger partial charge in [-0.15, -0.1) is 0 Å². The number of Topliss-reactive ketones (excluding diaryl/α,β-unsaturated/α-hetero) is 1. The molecule has 1 N–H and O–H groups in total. The fraction of sp³-hybridized carbons (Fsp3) is 0.222. The van der Waals surface area contributed by atoms with E-state index in [9.17, 15) is 9.59 Å². The van der Waals surface area contributed by atoms with Crippen LogP contribution in [0.1, 0.15) is 12.5 Å². The topological polar surface area (TPSA) is 55.4 Å². The van der Waals surface area contributed by atoms with Crippen molar-refractivity contribution in [3.63, 3.8) is 0 Å². The zero-order chi connectivity index (χ0) is 16.7. The molecule has 0 spiro atoms. The molecule has 0 aromatic heterocycles. The standard InChI is InChI=1S/C18H18ClNO3/c1-13(21)17(10-14-6-3-2-4-7-14)20-18(22)12-23-16-9-5-8-15(19)11-16/h2-9,11,17H,10,12H2,1H3,(H,20,22)/t17-/m1/s1. The summed E-state index contributed by atoms with van der Waals surface area (Å²) in [6, 6.07) is 15.8. The van der Waals surface area contributed by atoms with Gasteiger partial charge in [0.25, 0.3) is 5.91 Å². The molecule has 0 radical (unpaired) electrons. The van der Waals surface area contributed by atoms with Gasteiger partial charge >= 0.3 is 0 Å². The Kier molecular flexibility index (Phi) is 6.18. The molecule has 0 saturated carbocycles. The van der Waals surface area contributed by atoms with Crippen LogP contribution in [0.4, 0.5) is 0 Å². The van der Waals surface area contributed by atoms with Crippen LogP contribution in [0.5, 0.6) is 5.75 Å². The summed E-state index contributed by atoms with van der Waals surface area (Å²) in [5.74, 6) is 0.0705. The van der Waals surface area contributed by atoms with Crippen LogP contribution in [0, 0.1) is 0 Å². The summed E-state index contributed by atoms with van der Waals surface area (Å²) < 4.78 is 5.37. The Morgan fingerprint density at radius 3 is 2.52 bits per heavy atom. The van der Waals surface area contributed by atoms with Gasteiger partial charge in [0, 0.05) is 5.02 Å². The molecule has 0 aliphatic carbocycles. The maximum Gasteiger partial charge on any atom is 0.258 e. The van der Waals surface area contributed by atoms with E-state index in [1.54, 1.807) is 24.3 Å². The molecule has 0 aliphatic heterocycles. The van der Waals surface area contributed by atoms with Gasteiger partial charge in [0.2, 0.25) is 0 Å². The van der Waals surface area contributed by atoms with E-state index >= 15 is 0 Å². The third-order valence-electron chi connectivity index (χ3n) is 3.27. The SMILES string of the molecule is CC(=O)[C@@H](Cc1ccccc1)NC(=O)COc1cccc(Cl)c1. The van der Waals surface area contributed by atoms with Gasteiger partial charge < -0.3 is 10.1 Å². The van der Waals surface area contributed by atoms with Crippen molar-refractivity contribution in [3.05, 3.63) is 65.2 Å². The summed E-state index contributed by atoms with van der Waals surface area (Å²) in [4.78, 5) is 23.7. The second kappa shape index (κ2) is 8.34. The minimum absolute atomic E-state index is 0.0926. The van der Waals surface area contributed by atoms with Gasteiger partial charge in [-0.3, -0.25) is 9.59 Å². The van der Waals surface area contributed by atoms with Crippen molar-refractivity contribution < 1.29 is 14.3 Å². The van der Waals surface area contributed by atoms with E-state index in [-0.39, 0.29) is 18.3 Å². The highest BCUT2D eigenvalue weighted by Crippen LogP contribution is 2.16. The molecule has 4 nitrogen and oxygen atoms in total. The maximum atomic E-state index is 12.0. The van der Waals surface area contributed by atoms with Crippen LogP contribution in [0.3, 0.4) is 0 Å². The van der Waals surface area contributed by atoms with Crippen molar-refractivity contribution in [2.75, 3.05) is 6.61 Å². The van der Waals surface area contributed by atoms with Crippen molar-refractivity contribution in [3.8, 4) is 5.75 Å². The minimum Gasteiger partial charge on any atom is -0.484 e. The van der Waals surface area contributed by atoms with Gasteiger partial charge in [0.15, 0.2) is 12.4 Å². The van der Waals surface area contributed by atoms with E-state index in [4.69, 9.17) is 16.3 Å². The number of amides is 1. The summed E-state index contributed by atoms with van der Waals surface area (Å²) in [6.45, 7) is 1.30. The van der Waals surface area contributed by atoms with Crippen molar-refractivity contribution in [2.24, 2.45) is 0 Å². The van der Waals surface area contributed by atoms with Crippen molar-refractivity contribution in [2.45, 2.75) is 19.4 Å². The predicted octanol–water partition coefficient (Wildman–Crippen LogP) is 3.04. The largest absolute Gasteiger partial charge is 0.484 e. The van der Waals surface area contributed by atoms with Crippen molar-refractivity contribution in [1.29, 1.82) is 0 Å². The van der Waals surface area contributed by atoms with E-state index < -0.39 is 6.04 Å². The second-order valence-electron chi connectivity index (χ2n) is 5.17. The number of ether oxygens (including phenoxy) is 1. The molecule has 23 heavy (non-hydrogen) atoms. The molecule has 0 saturated heterocycles. The van der Waals surface area contributed by atoms with Gasteiger partial charge in [0.05, 0.1) is 6.04 Å². The van der Waals surface area contributed by atoms with Crippen LogP contribution < -0.4 is 10.1 Å². The molecule has 2 aromatic rings. The fourth-order valence-corrected chi connectivity index (χ4v) is 2.27. The van der Waals surface area contributed by atoms with E-state index in [1.165, 1.54) is 6.92 Å². The average molecular weight is 332 g/mol. The average Bonchev–Trinajstić information content (AvgIpc) is 2.53. The summed E-state index contributed by atoms with van der Waals surface area (Å²) in [5, 5.41) is 3.24. The molecule has 120 valence electrons. The van der Waals surface area contributed by atoms with E-state index in [0.717, 1.165) is 5.56 Å². The number of halogens is 1. The summed E-state index contributed by atoms with van der Waals surface area (Å²) in [5.41, 5.74) is 0.990. The van der Waals surface area contributed by atoms with Crippen LogP contribution in [0.25, 0.3) is 0 Å². The summed E-state index contributed by atoms with van der Waals surface area (Å²) in [6.07, 6.45) is 0.457. The highest BCUT2D eigenvalue weighted by molar-refractivity contribution is 6.30. The highest BCUT2D eigenvalue weighted by atomic mass is 35.5.